The minimum absolute atomic E-state index is 0.00845. The van der Waals surface area contributed by atoms with Gasteiger partial charge < -0.3 is 4.90 Å². The maximum atomic E-state index is 14.6. The van der Waals surface area contributed by atoms with Gasteiger partial charge in [-0.1, -0.05) is 30.1 Å². The molecule has 0 spiro atoms. The number of halogens is 3. The smallest absolute Gasteiger partial charge is 0.134 e. The van der Waals surface area contributed by atoms with Crippen LogP contribution in [0.4, 0.5) is 15.8 Å². The van der Waals surface area contributed by atoms with E-state index >= 15 is 0 Å². The molecule has 2 aromatic carbocycles. The van der Waals surface area contributed by atoms with Gasteiger partial charge in [0.25, 0.3) is 0 Å². The van der Waals surface area contributed by atoms with Crippen LogP contribution in [0.5, 0.6) is 0 Å². The predicted octanol–water partition coefficient (Wildman–Crippen LogP) is 6.61. The molecule has 1 aliphatic rings. The molecule has 3 rings (SSSR count). The summed E-state index contributed by atoms with van der Waals surface area (Å²) in [6.45, 7) is 6.55. The van der Waals surface area contributed by atoms with E-state index in [1.54, 1.807) is 30.5 Å². The third-order valence-electron chi connectivity index (χ3n) is 5.01. The van der Waals surface area contributed by atoms with E-state index in [1.807, 2.05) is 13.1 Å². The lowest BCUT2D eigenvalue weighted by atomic mass is 9.80. The molecule has 5 heteroatoms. The van der Waals surface area contributed by atoms with Crippen molar-refractivity contribution in [1.82, 2.24) is 0 Å². The van der Waals surface area contributed by atoms with Gasteiger partial charge in [-0.25, -0.2) is 4.39 Å². The largest absolute Gasteiger partial charge is 0.369 e. The van der Waals surface area contributed by atoms with Crippen LogP contribution in [-0.2, 0) is 0 Å². The van der Waals surface area contributed by atoms with Gasteiger partial charge >= 0.3 is 0 Å². The first-order chi connectivity index (χ1) is 11.7. The standard InChI is InChI=1S/C20H21Cl2FN2/c1-12-10-20(2,3)25(4)19-9-18(23)13(7-15(12)19)11-24-14-5-6-16(21)17(22)8-14/h5-9,11-12H,10H2,1-4H3. The molecule has 1 aliphatic heterocycles. The molecule has 132 valence electrons. The summed E-state index contributed by atoms with van der Waals surface area (Å²) in [5.41, 5.74) is 3.23. The lowest BCUT2D eigenvalue weighted by molar-refractivity contribution is 0.394. The van der Waals surface area contributed by atoms with Crippen LogP contribution in [0.3, 0.4) is 0 Å². The first-order valence-corrected chi connectivity index (χ1v) is 9.01. The Morgan fingerprint density at radius 2 is 1.92 bits per heavy atom. The number of hydrogen-bond donors (Lipinski definition) is 0. The van der Waals surface area contributed by atoms with Crippen LogP contribution in [0.2, 0.25) is 10.0 Å². The second-order valence-electron chi connectivity index (χ2n) is 7.27. The van der Waals surface area contributed by atoms with Crippen molar-refractivity contribution < 1.29 is 4.39 Å². The van der Waals surface area contributed by atoms with Crippen molar-refractivity contribution in [2.45, 2.75) is 38.6 Å². The Morgan fingerprint density at radius 3 is 2.60 bits per heavy atom. The van der Waals surface area contributed by atoms with Gasteiger partial charge in [-0.15, -0.1) is 0 Å². The quantitative estimate of drug-likeness (QED) is 0.537. The summed E-state index contributed by atoms with van der Waals surface area (Å²) in [6, 6.07) is 8.61. The van der Waals surface area contributed by atoms with E-state index in [1.165, 1.54) is 0 Å². The first kappa shape index (κ1) is 18.2. The van der Waals surface area contributed by atoms with Crippen LogP contribution in [0, 0.1) is 5.82 Å². The fraction of sp³-hybridized carbons (Fsp3) is 0.350. The Hall–Kier alpha value is -1.58. The van der Waals surface area contributed by atoms with Crippen LogP contribution in [0.1, 0.15) is 44.2 Å². The zero-order valence-electron chi connectivity index (χ0n) is 14.8. The van der Waals surface area contributed by atoms with Gasteiger partial charge in [-0.05, 0) is 62.1 Å². The number of aliphatic imine (C=N–C) groups is 1. The summed E-state index contributed by atoms with van der Waals surface area (Å²) in [5.74, 6) is 0.0817. The van der Waals surface area contributed by atoms with E-state index in [0.29, 0.717) is 27.2 Å². The molecule has 0 saturated carbocycles. The normalized spacial score (nSPS) is 19.3. The van der Waals surface area contributed by atoms with Gasteiger partial charge in [0.15, 0.2) is 0 Å². The number of benzene rings is 2. The highest BCUT2D eigenvalue weighted by atomic mass is 35.5. The highest BCUT2D eigenvalue weighted by molar-refractivity contribution is 6.42. The van der Waals surface area contributed by atoms with E-state index in [-0.39, 0.29) is 11.4 Å². The van der Waals surface area contributed by atoms with Crippen LogP contribution < -0.4 is 4.90 Å². The van der Waals surface area contributed by atoms with Crippen molar-refractivity contribution in [1.29, 1.82) is 0 Å². The van der Waals surface area contributed by atoms with Crippen molar-refractivity contribution >= 4 is 40.8 Å². The molecule has 0 N–H and O–H groups in total. The third kappa shape index (κ3) is 3.54. The van der Waals surface area contributed by atoms with Crippen LogP contribution in [-0.4, -0.2) is 18.8 Å². The fourth-order valence-corrected chi connectivity index (χ4v) is 3.71. The molecule has 1 unspecified atom stereocenters. The summed E-state index contributed by atoms with van der Waals surface area (Å²) < 4.78 is 14.6. The maximum absolute atomic E-state index is 14.6. The van der Waals surface area contributed by atoms with Crippen molar-refractivity contribution in [2.24, 2.45) is 4.99 Å². The van der Waals surface area contributed by atoms with Crippen molar-refractivity contribution in [3.63, 3.8) is 0 Å². The SMILES string of the molecule is CC1CC(C)(C)N(C)c2cc(F)c(C=Nc3ccc(Cl)c(Cl)c3)cc21. The predicted molar refractivity (Wildman–Crippen MR) is 106 cm³/mol. The Balaban J connectivity index is 1.98. The average Bonchev–Trinajstić information content (AvgIpc) is 2.54. The van der Waals surface area contributed by atoms with Gasteiger partial charge in [0, 0.05) is 30.1 Å². The monoisotopic (exact) mass is 378 g/mol. The zero-order valence-corrected chi connectivity index (χ0v) is 16.3. The molecule has 0 aromatic heterocycles. The maximum Gasteiger partial charge on any atom is 0.134 e. The number of rotatable bonds is 2. The molecule has 0 saturated heterocycles. The summed E-state index contributed by atoms with van der Waals surface area (Å²) >= 11 is 11.9. The number of nitrogens with zero attached hydrogens (tertiary/aromatic N) is 2. The first-order valence-electron chi connectivity index (χ1n) is 8.25. The lowest BCUT2D eigenvalue weighted by Gasteiger charge is -2.45. The average molecular weight is 379 g/mol. The molecule has 0 aliphatic carbocycles. The summed E-state index contributed by atoms with van der Waals surface area (Å²) in [7, 11) is 2.02. The number of hydrogen-bond acceptors (Lipinski definition) is 2. The molecule has 0 radical (unpaired) electrons. The fourth-order valence-electron chi connectivity index (χ4n) is 3.41. The molecule has 25 heavy (non-hydrogen) atoms. The third-order valence-corrected chi connectivity index (χ3v) is 5.75. The van der Waals surface area contributed by atoms with E-state index in [0.717, 1.165) is 17.7 Å². The van der Waals surface area contributed by atoms with E-state index in [4.69, 9.17) is 23.2 Å². The minimum atomic E-state index is -0.278. The number of fused-ring (bicyclic) bond motifs is 1. The van der Waals surface area contributed by atoms with Crippen LogP contribution in [0.15, 0.2) is 35.3 Å². The number of anilines is 1. The zero-order chi connectivity index (χ0) is 18.4. The molecule has 1 heterocycles. The Labute approximate surface area is 158 Å². The minimum Gasteiger partial charge on any atom is -0.369 e. The molecule has 1 atom stereocenters. The second kappa shape index (κ2) is 6.62. The van der Waals surface area contributed by atoms with Gasteiger partial charge in [0.05, 0.1) is 15.7 Å². The Morgan fingerprint density at radius 1 is 1.20 bits per heavy atom. The summed E-state index contributed by atoms with van der Waals surface area (Å²) in [4.78, 5) is 6.50. The van der Waals surface area contributed by atoms with Crippen molar-refractivity contribution in [3.05, 3.63) is 57.3 Å². The van der Waals surface area contributed by atoms with E-state index < -0.39 is 0 Å². The highest BCUT2D eigenvalue weighted by Crippen LogP contribution is 2.43. The Kier molecular flexibility index (Phi) is 4.82. The molecule has 0 fully saturated rings. The molecular formula is C20H21Cl2FN2. The highest BCUT2D eigenvalue weighted by Gasteiger charge is 2.34. The van der Waals surface area contributed by atoms with Gasteiger partial charge in [0.2, 0.25) is 0 Å². The van der Waals surface area contributed by atoms with Crippen LogP contribution >= 0.6 is 23.2 Å². The molecule has 2 aromatic rings. The molecule has 0 amide bonds. The summed E-state index contributed by atoms with van der Waals surface area (Å²) in [5, 5.41) is 0.903. The summed E-state index contributed by atoms with van der Waals surface area (Å²) in [6.07, 6.45) is 2.56. The topological polar surface area (TPSA) is 15.6 Å². The van der Waals surface area contributed by atoms with E-state index in [2.05, 4.69) is 30.7 Å². The van der Waals surface area contributed by atoms with Gasteiger partial charge in [0.1, 0.15) is 5.82 Å². The molecule has 2 nitrogen and oxygen atoms in total. The Bertz CT molecular complexity index is 846. The lowest BCUT2D eigenvalue weighted by Crippen LogP contribution is -2.45. The van der Waals surface area contributed by atoms with Crippen molar-refractivity contribution in [3.8, 4) is 0 Å². The second-order valence-corrected chi connectivity index (χ2v) is 8.08. The van der Waals surface area contributed by atoms with E-state index in [9.17, 15) is 4.39 Å². The van der Waals surface area contributed by atoms with Gasteiger partial charge in [-0.3, -0.25) is 4.99 Å². The van der Waals surface area contributed by atoms with Gasteiger partial charge in [-0.2, -0.15) is 0 Å². The molecular weight excluding hydrogens is 358 g/mol. The van der Waals surface area contributed by atoms with Crippen LogP contribution in [0.25, 0.3) is 0 Å². The van der Waals surface area contributed by atoms with Crippen molar-refractivity contribution in [2.75, 3.05) is 11.9 Å². The molecule has 0 bridgehead atoms.